The molecule has 8 nitrogen and oxygen atoms in total. The Morgan fingerprint density at radius 1 is 1.34 bits per heavy atom. The number of nitrogens with zero attached hydrogens (tertiary/aromatic N) is 5. The maximum atomic E-state index is 12.4. The lowest BCUT2D eigenvalue weighted by atomic mass is 9.87. The average Bonchev–Trinajstić information content (AvgIpc) is 3.47. The molecule has 1 spiro atoms. The molecule has 4 heterocycles. The third-order valence-corrected chi connectivity index (χ3v) is 6.11. The summed E-state index contributed by atoms with van der Waals surface area (Å²) < 4.78 is 7.71. The zero-order valence-corrected chi connectivity index (χ0v) is 17.3. The van der Waals surface area contributed by atoms with E-state index < -0.39 is 0 Å². The Morgan fingerprint density at radius 2 is 2.24 bits per heavy atom. The Balaban J connectivity index is 1.56. The molecule has 0 saturated carbocycles. The highest BCUT2D eigenvalue weighted by Gasteiger charge is 2.42. The summed E-state index contributed by atoms with van der Waals surface area (Å²) in [5.74, 6) is 1.58. The Kier molecular flexibility index (Phi) is 5.80. The lowest BCUT2D eigenvalue weighted by molar-refractivity contribution is -0.121. The average molecular weight is 399 g/mol. The molecule has 1 N–H and O–H groups in total. The van der Waals surface area contributed by atoms with Crippen molar-refractivity contribution in [3.05, 3.63) is 24.4 Å². The van der Waals surface area contributed by atoms with E-state index in [0.717, 1.165) is 57.2 Å². The minimum atomic E-state index is 0.0491. The summed E-state index contributed by atoms with van der Waals surface area (Å²) in [6.45, 7) is 8.13. The number of carbonyl (C=O) groups excluding carboxylic acids is 1. The van der Waals surface area contributed by atoms with Crippen molar-refractivity contribution >= 4 is 11.9 Å². The Morgan fingerprint density at radius 3 is 2.97 bits per heavy atom. The Labute approximate surface area is 171 Å². The highest BCUT2D eigenvalue weighted by molar-refractivity contribution is 5.76. The summed E-state index contributed by atoms with van der Waals surface area (Å²) in [5, 5.41) is 12.0. The summed E-state index contributed by atoms with van der Waals surface area (Å²) in [6, 6.07) is 5.94. The van der Waals surface area contributed by atoms with Gasteiger partial charge in [0.2, 0.25) is 11.9 Å². The fourth-order valence-corrected chi connectivity index (χ4v) is 4.16. The van der Waals surface area contributed by atoms with Crippen LogP contribution in [0.25, 0.3) is 11.5 Å². The molecule has 0 aromatic carbocycles. The zero-order valence-electron chi connectivity index (χ0n) is 17.3. The molecule has 0 aliphatic carbocycles. The number of hydrogen-bond acceptors (Lipinski definition) is 6. The van der Waals surface area contributed by atoms with E-state index in [1.807, 2.05) is 29.7 Å². The molecule has 8 heteroatoms. The van der Waals surface area contributed by atoms with Gasteiger partial charge in [-0.25, -0.2) is 0 Å². The summed E-state index contributed by atoms with van der Waals surface area (Å²) in [7, 11) is 0. The van der Waals surface area contributed by atoms with Gasteiger partial charge in [0.05, 0.1) is 6.61 Å². The van der Waals surface area contributed by atoms with Gasteiger partial charge in [-0.2, -0.15) is 0 Å². The second-order valence-electron chi connectivity index (χ2n) is 8.29. The minimum absolute atomic E-state index is 0.0491. The second-order valence-corrected chi connectivity index (χ2v) is 8.29. The first-order chi connectivity index (χ1) is 14.1. The van der Waals surface area contributed by atoms with Crippen molar-refractivity contribution in [2.45, 2.75) is 52.1 Å². The number of pyridine rings is 1. The van der Waals surface area contributed by atoms with Crippen LogP contribution in [0, 0.1) is 5.41 Å². The maximum absolute atomic E-state index is 12.4. The van der Waals surface area contributed by atoms with Crippen LogP contribution in [0.1, 0.15) is 39.5 Å². The van der Waals surface area contributed by atoms with Crippen LogP contribution in [0.5, 0.6) is 0 Å². The van der Waals surface area contributed by atoms with E-state index >= 15 is 0 Å². The van der Waals surface area contributed by atoms with E-state index in [9.17, 15) is 4.79 Å². The number of ether oxygens (including phenoxy) is 1. The van der Waals surface area contributed by atoms with Gasteiger partial charge in [-0.1, -0.05) is 13.0 Å². The number of hydrogen-bond donors (Lipinski definition) is 1. The fourth-order valence-electron chi connectivity index (χ4n) is 4.16. The molecule has 29 heavy (non-hydrogen) atoms. The first-order valence-corrected chi connectivity index (χ1v) is 10.6. The normalized spacial score (nSPS) is 22.3. The summed E-state index contributed by atoms with van der Waals surface area (Å²) >= 11 is 0. The summed E-state index contributed by atoms with van der Waals surface area (Å²) in [5.41, 5.74) is 1.00. The van der Waals surface area contributed by atoms with Crippen molar-refractivity contribution in [3.63, 3.8) is 0 Å². The molecule has 156 valence electrons. The van der Waals surface area contributed by atoms with Gasteiger partial charge in [-0.3, -0.25) is 14.3 Å². The number of carbonyl (C=O) groups is 1. The molecule has 4 rings (SSSR count). The van der Waals surface area contributed by atoms with Crippen LogP contribution in [-0.2, 0) is 16.1 Å². The molecule has 2 saturated heterocycles. The van der Waals surface area contributed by atoms with Gasteiger partial charge in [0.25, 0.3) is 0 Å². The van der Waals surface area contributed by atoms with Gasteiger partial charge in [0.1, 0.15) is 5.69 Å². The number of amides is 1. The molecule has 2 aliphatic heterocycles. The molecule has 2 aromatic heterocycles. The van der Waals surface area contributed by atoms with Crippen LogP contribution >= 0.6 is 0 Å². The van der Waals surface area contributed by atoms with Crippen molar-refractivity contribution in [3.8, 4) is 11.5 Å². The monoisotopic (exact) mass is 398 g/mol. The van der Waals surface area contributed by atoms with Crippen molar-refractivity contribution < 1.29 is 9.53 Å². The first-order valence-electron chi connectivity index (χ1n) is 10.6. The predicted octanol–water partition coefficient (Wildman–Crippen LogP) is 2.26. The standard InChI is InChI=1S/C21H30N6O2/c1-3-16(2)23-18(28)7-11-27-19(17-6-4-5-10-22-17)24-25-20(27)26-12-8-21(14-26)9-13-29-15-21/h4-6,10,16H,3,7-9,11-15H2,1-2H3,(H,23,28). The Hall–Kier alpha value is -2.48. The lowest BCUT2D eigenvalue weighted by Crippen LogP contribution is -2.33. The van der Waals surface area contributed by atoms with Gasteiger partial charge in [0.15, 0.2) is 5.82 Å². The van der Waals surface area contributed by atoms with Crippen LogP contribution in [0.15, 0.2) is 24.4 Å². The molecule has 2 aromatic rings. The van der Waals surface area contributed by atoms with Crippen LogP contribution in [0.4, 0.5) is 5.95 Å². The molecule has 2 unspecified atom stereocenters. The first kappa shape index (κ1) is 19.8. The number of nitrogens with one attached hydrogen (secondary N) is 1. The molecular formula is C21H30N6O2. The topological polar surface area (TPSA) is 85.2 Å². The highest BCUT2D eigenvalue weighted by atomic mass is 16.5. The van der Waals surface area contributed by atoms with E-state index in [2.05, 4.69) is 32.3 Å². The van der Waals surface area contributed by atoms with Crippen molar-refractivity contribution in [1.29, 1.82) is 0 Å². The molecule has 0 radical (unpaired) electrons. The SMILES string of the molecule is CCC(C)NC(=O)CCn1c(-c2ccccn2)nnc1N1CCC2(CCOC2)C1. The lowest BCUT2D eigenvalue weighted by Gasteiger charge is -2.23. The van der Waals surface area contributed by atoms with Crippen molar-refractivity contribution in [2.24, 2.45) is 5.41 Å². The summed E-state index contributed by atoms with van der Waals surface area (Å²) in [6.07, 6.45) is 5.26. The largest absolute Gasteiger partial charge is 0.381 e. The van der Waals surface area contributed by atoms with Gasteiger partial charge >= 0.3 is 0 Å². The molecular weight excluding hydrogens is 368 g/mol. The smallest absolute Gasteiger partial charge is 0.227 e. The minimum Gasteiger partial charge on any atom is -0.381 e. The molecule has 2 aliphatic rings. The fraction of sp³-hybridized carbons (Fsp3) is 0.619. The number of rotatable bonds is 7. The van der Waals surface area contributed by atoms with E-state index in [4.69, 9.17) is 4.74 Å². The van der Waals surface area contributed by atoms with Crippen LogP contribution in [-0.4, -0.2) is 58.0 Å². The van der Waals surface area contributed by atoms with Crippen molar-refractivity contribution in [2.75, 3.05) is 31.2 Å². The maximum Gasteiger partial charge on any atom is 0.227 e. The van der Waals surface area contributed by atoms with Gasteiger partial charge in [-0.15, -0.1) is 10.2 Å². The van der Waals surface area contributed by atoms with Gasteiger partial charge in [0, 0.05) is 50.3 Å². The van der Waals surface area contributed by atoms with Gasteiger partial charge in [-0.05, 0) is 38.3 Å². The van der Waals surface area contributed by atoms with Crippen LogP contribution < -0.4 is 10.2 Å². The van der Waals surface area contributed by atoms with Crippen LogP contribution in [0.2, 0.25) is 0 Å². The van der Waals surface area contributed by atoms with E-state index in [1.165, 1.54) is 0 Å². The molecule has 1 amide bonds. The van der Waals surface area contributed by atoms with Gasteiger partial charge < -0.3 is 15.0 Å². The third-order valence-electron chi connectivity index (χ3n) is 6.11. The van der Waals surface area contributed by atoms with E-state index in [1.54, 1.807) is 6.20 Å². The number of anilines is 1. The van der Waals surface area contributed by atoms with Crippen molar-refractivity contribution in [1.82, 2.24) is 25.1 Å². The van der Waals surface area contributed by atoms with E-state index in [-0.39, 0.29) is 17.4 Å². The Bertz CT molecular complexity index is 831. The zero-order chi connectivity index (χ0) is 20.3. The quantitative estimate of drug-likeness (QED) is 0.770. The van der Waals surface area contributed by atoms with Crippen LogP contribution in [0.3, 0.4) is 0 Å². The molecule has 2 atom stereocenters. The molecule has 0 bridgehead atoms. The second kappa shape index (κ2) is 8.49. The summed E-state index contributed by atoms with van der Waals surface area (Å²) in [4.78, 5) is 19.1. The molecule has 2 fully saturated rings. The third kappa shape index (κ3) is 4.27. The highest BCUT2D eigenvalue weighted by Crippen LogP contribution is 2.40. The predicted molar refractivity (Wildman–Crippen MR) is 110 cm³/mol. The van der Waals surface area contributed by atoms with E-state index in [0.29, 0.717) is 18.8 Å². The number of aromatic nitrogens is 4.